The molecule has 4 saturated carbocycles. The molecule has 0 N–H and O–H groups in total. The smallest absolute Gasteiger partial charge is 0.272 e. The highest BCUT2D eigenvalue weighted by Crippen LogP contribution is 2.60. The Morgan fingerprint density at radius 1 is 1.15 bits per heavy atom. The summed E-state index contributed by atoms with van der Waals surface area (Å²) < 4.78 is 0. The van der Waals surface area contributed by atoms with Gasteiger partial charge < -0.3 is 9.80 Å². The standard InChI is InChI=1S/C22H31N3O/c1-24(15-22-12-16-8-17(13-22)10-18(9-16)14-22)21(26)20-11-19(4-5-23-20)25-6-2-3-7-25/h4-5,11,16-18H,2-3,6-10,12-15H2,1H3. The van der Waals surface area contributed by atoms with Gasteiger partial charge >= 0.3 is 0 Å². The Morgan fingerprint density at radius 3 is 2.38 bits per heavy atom. The van der Waals surface area contributed by atoms with Crippen LogP contribution >= 0.6 is 0 Å². The van der Waals surface area contributed by atoms with Gasteiger partial charge in [-0.25, -0.2) is 0 Å². The van der Waals surface area contributed by atoms with Crippen molar-refractivity contribution >= 4 is 11.6 Å². The Bertz CT molecular complexity index is 659. The van der Waals surface area contributed by atoms with Gasteiger partial charge in [0.2, 0.25) is 0 Å². The fourth-order valence-electron chi connectivity index (χ4n) is 6.96. The van der Waals surface area contributed by atoms with Crippen LogP contribution in [-0.4, -0.2) is 42.5 Å². The topological polar surface area (TPSA) is 36.4 Å². The number of anilines is 1. The number of hydrogen-bond acceptors (Lipinski definition) is 3. The second-order valence-electron chi connectivity index (χ2n) is 9.67. The highest BCUT2D eigenvalue weighted by Gasteiger charge is 2.51. The maximum absolute atomic E-state index is 13.1. The summed E-state index contributed by atoms with van der Waals surface area (Å²) in [5.41, 5.74) is 2.16. The molecular formula is C22H31N3O. The summed E-state index contributed by atoms with van der Waals surface area (Å²) in [4.78, 5) is 21.8. The summed E-state index contributed by atoms with van der Waals surface area (Å²) in [5.74, 6) is 2.89. The van der Waals surface area contributed by atoms with Gasteiger partial charge in [0.05, 0.1) is 0 Å². The molecule has 140 valence electrons. The van der Waals surface area contributed by atoms with Crippen LogP contribution in [0.5, 0.6) is 0 Å². The summed E-state index contributed by atoms with van der Waals surface area (Å²) in [6.07, 6.45) is 12.7. The first-order chi connectivity index (χ1) is 12.6. The third-order valence-electron chi connectivity index (χ3n) is 7.52. The van der Waals surface area contributed by atoms with E-state index in [0.717, 1.165) is 43.1 Å². The second-order valence-corrected chi connectivity index (χ2v) is 9.67. The molecule has 0 atom stereocenters. The lowest BCUT2D eigenvalue weighted by Gasteiger charge is -2.57. The number of pyridine rings is 1. The van der Waals surface area contributed by atoms with E-state index in [1.165, 1.54) is 51.4 Å². The van der Waals surface area contributed by atoms with Crippen LogP contribution in [0, 0.1) is 23.2 Å². The lowest BCUT2D eigenvalue weighted by molar-refractivity contribution is -0.0629. The number of nitrogens with zero attached hydrogens (tertiary/aromatic N) is 3. The van der Waals surface area contributed by atoms with Crippen LogP contribution < -0.4 is 4.90 Å². The van der Waals surface area contributed by atoms with Gasteiger partial charge in [-0.15, -0.1) is 0 Å². The van der Waals surface area contributed by atoms with Crippen molar-refractivity contribution in [3.05, 3.63) is 24.0 Å². The van der Waals surface area contributed by atoms with Crippen LogP contribution in [0.4, 0.5) is 5.69 Å². The molecule has 5 fully saturated rings. The Kier molecular flexibility index (Phi) is 3.98. The third kappa shape index (κ3) is 2.91. The van der Waals surface area contributed by atoms with E-state index in [4.69, 9.17) is 0 Å². The minimum atomic E-state index is 0.0989. The summed E-state index contributed by atoms with van der Waals surface area (Å²) in [5, 5.41) is 0. The van der Waals surface area contributed by atoms with Crippen molar-refractivity contribution in [3.63, 3.8) is 0 Å². The molecule has 1 amide bonds. The molecule has 0 aromatic carbocycles. The normalized spacial score (nSPS) is 35.1. The van der Waals surface area contributed by atoms with Crippen molar-refractivity contribution in [1.82, 2.24) is 9.88 Å². The largest absolute Gasteiger partial charge is 0.371 e. The minimum Gasteiger partial charge on any atom is -0.371 e. The fourth-order valence-corrected chi connectivity index (χ4v) is 6.96. The molecule has 26 heavy (non-hydrogen) atoms. The van der Waals surface area contributed by atoms with E-state index in [2.05, 4.69) is 9.88 Å². The van der Waals surface area contributed by atoms with Gasteiger partial charge in [0.15, 0.2) is 0 Å². The predicted molar refractivity (Wildman–Crippen MR) is 103 cm³/mol. The summed E-state index contributed by atoms with van der Waals surface area (Å²) in [6.45, 7) is 3.12. The average molecular weight is 354 g/mol. The van der Waals surface area contributed by atoms with E-state index < -0.39 is 0 Å². The lowest BCUT2D eigenvalue weighted by atomic mass is 9.49. The van der Waals surface area contributed by atoms with Crippen LogP contribution in [-0.2, 0) is 0 Å². The molecule has 4 nitrogen and oxygen atoms in total. The van der Waals surface area contributed by atoms with Crippen LogP contribution in [0.25, 0.3) is 0 Å². The molecule has 4 bridgehead atoms. The average Bonchev–Trinajstić information content (AvgIpc) is 3.14. The fraction of sp³-hybridized carbons (Fsp3) is 0.727. The summed E-state index contributed by atoms with van der Waals surface area (Å²) in [7, 11) is 1.99. The number of rotatable bonds is 4. The molecule has 1 saturated heterocycles. The molecule has 2 heterocycles. The zero-order valence-corrected chi connectivity index (χ0v) is 16.0. The van der Waals surface area contributed by atoms with Crippen LogP contribution in [0.2, 0.25) is 0 Å². The molecule has 1 aliphatic heterocycles. The van der Waals surface area contributed by atoms with Crippen LogP contribution in [0.1, 0.15) is 61.9 Å². The van der Waals surface area contributed by atoms with Gasteiger partial charge in [-0.1, -0.05) is 0 Å². The molecule has 1 aromatic heterocycles. The van der Waals surface area contributed by atoms with E-state index in [0.29, 0.717) is 11.1 Å². The zero-order valence-electron chi connectivity index (χ0n) is 16.0. The first-order valence-corrected chi connectivity index (χ1v) is 10.6. The molecule has 0 unspecified atom stereocenters. The Labute approximate surface area is 157 Å². The predicted octanol–water partition coefficient (Wildman–Crippen LogP) is 3.97. The highest BCUT2D eigenvalue weighted by molar-refractivity contribution is 5.93. The molecule has 5 aliphatic rings. The number of hydrogen-bond donors (Lipinski definition) is 0. The zero-order chi connectivity index (χ0) is 17.7. The van der Waals surface area contributed by atoms with Crippen LogP contribution in [0.15, 0.2) is 18.3 Å². The minimum absolute atomic E-state index is 0.0989. The quantitative estimate of drug-likeness (QED) is 0.822. The maximum Gasteiger partial charge on any atom is 0.272 e. The van der Waals surface area contributed by atoms with Gasteiger partial charge in [0.1, 0.15) is 5.69 Å². The van der Waals surface area contributed by atoms with E-state index in [-0.39, 0.29) is 5.91 Å². The van der Waals surface area contributed by atoms with Gasteiger partial charge in [-0.2, -0.15) is 0 Å². The molecule has 6 rings (SSSR count). The SMILES string of the molecule is CN(CC12CC3CC(CC(C3)C1)C2)C(=O)c1cc(N2CCCC2)ccn1. The van der Waals surface area contributed by atoms with Crippen molar-refractivity contribution in [2.45, 2.75) is 51.4 Å². The number of carbonyl (C=O) groups excluding carboxylic acids is 1. The van der Waals surface area contributed by atoms with Gasteiger partial charge in [-0.3, -0.25) is 9.78 Å². The van der Waals surface area contributed by atoms with E-state index >= 15 is 0 Å². The third-order valence-corrected chi connectivity index (χ3v) is 7.52. The molecule has 4 heteroatoms. The van der Waals surface area contributed by atoms with E-state index in [1.807, 2.05) is 24.1 Å². The number of amides is 1. The van der Waals surface area contributed by atoms with Crippen molar-refractivity contribution in [2.75, 3.05) is 31.6 Å². The molecule has 0 radical (unpaired) electrons. The van der Waals surface area contributed by atoms with Crippen LogP contribution in [0.3, 0.4) is 0 Å². The Balaban J connectivity index is 1.30. The van der Waals surface area contributed by atoms with Crippen molar-refractivity contribution < 1.29 is 4.79 Å². The lowest BCUT2D eigenvalue weighted by Crippen LogP contribution is -2.51. The molecular weight excluding hydrogens is 322 g/mol. The molecule has 4 aliphatic carbocycles. The molecule has 0 spiro atoms. The second kappa shape index (κ2) is 6.24. The van der Waals surface area contributed by atoms with E-state index in [1.54, 1.807) is 6.20 Å². The first kappa shape index (κ1) is 16.6. The highest BCUT2D eigenvalue weighted by atomic mass is 16.2. The van der Waals surface area contributed by atoms with Gasteiger partial charge in [-0.05, 0) is 86.7 Å². The van der Waals surface area contributed by atoms with Crippen molar-refractivity contribution in [1.29, 1.82) is 0 Å². The number of carbonyl (C=O) groups is 1. The maximum atomic E-state index is 13.1. The van der Waals surface area contributed by atoms with E-state index in [9.17, 15) is 4.79 Å². The summed E-state index contributed by atoms with van der Waals surface area (Å²) >= 11 is 0. The Morgan fingerprint density at radius 2 is 1.77 bits per heavy atom. The van der Waals surface area contributed by atoms with Gasteiger partial charge in [0, 0.05) is 38.6 Å². The van der Waals surface area contributed by atoms with Crippen molar-refractivity contribution in [3.8, 4) is 0 Å². The van der Waals surface area contributed by atoms with Gasteiger partial charge in [0.25, 0.3) is 5.91 Å². The first-order valence-electron chi connectivity index (χ1n) is 10.6. The summed E-state index contributed by atoms with van der Waals surface area (Å²) in [6, 6.07) is 4.05. The Hall–Kier alpha value is -1.58. The number of aromatic nitrogens is 1. The monoisotopic (exact) mass is 353 g/mol. The van der Waals surface area contributed by atoms with Crippen molar-refractivity contribution in [2.24, 2.45) is 23.2 Å². The molecule has 1 aromatic rings.